The zero-order valence-electron chi connectivity index (χ0n) is 22.3. The Labute approximate surface area is 243 Å². The van der Waals surface area contributed by atoms with Gasteiger partial charge in [0, 0.05) is 35.5 Å². The Morgan fingerprint density at radius 3 is 2.80 bits per heavy atom. The molecule has 2 aliphatic rings. The number of non-ortho nitro benzene ring substituents is 1. The number of Topliss-reactive ketones (excluding diaryl/α,β-unsaturated/α-hetero) is 1. The van der Waals surface area contributed by atoms with Crippen LogP contribution in [0.3, 0.4) is 0 Å². The Morgan fingerprint density at radius 1 is 1.34 bits per heavy atom. The third kappa shape index (κ3) is 5.59. The van der Waals surface area contributed by atoms with Gasteiger partial charge in [-0.1, -0.05) is 43.0 Å². The van der Waals surface area contributed by atoms with Gasteiger partial charge in [-0.15, -0.1) is 10.2 Å². The first kappa shape index (κ1) is 28.1. The normalized spacial score (nSPS) is 18.2. The Kier molecular flexibility index (Phi) is 7.41. The van der Waals surface area contributed by atoms with Crippen LogP contribution in [0.4, 0.5) is 16.5 Å². The number of carbonyl (C=O) groups excluding carboxylic acids is 2. The van der Waals surface area contributed by atoms with Gasteiger partial charge in [0.25, 0.3) is 5.69 Å². The summed E-state index contributed by atoms with van der Waals surface area (Å²) in [7, 11) is 0. The summed E-state index contributed by atoms with van der Waals surface area (Å²) < 4.78 is 6.33. The lowest BCUT2D eigenvalue weighted by Gasteiger charge is -2.42. The molecule has 5 rings (SSSR count). The second-order valence-electron chi connectivity index (χ2n) is 10.4. The molecule has 1 aromatic carbocycles. The maximum Gasteiger partial charge on any atom is 0.271 e. The Bertz CT molecular complexity index is 1680. The number of nitrogens with one attached hydrogen (secondary N) is 1. The number of nitrogens with two attached hydrogens (primary N) is 1. The van der Waals surface area contributed by atoms with Gasteiger partial charge in [0.2, 0.25) is 11.0 Å². The molecule has 1 amide bonds. The third-order valence-electron chi connectivity index (χ3n) is 6.68. The molecule has 14 heteroatoms. The minimum Gasteiger partial charge on any atom is -0.465 e. The van der Waals surface area contributed by atoms with Gasteiger partial charge in [-0.25, -0.2) is 0 Å². The molecule has 3 N–H and O–H groups in total. The molecule has 0 saturated heterocycles. The van der Waals surface area contributed by atoms with Crippen LogP contribution in [0.25, 0.3) is 0 Å². The fraction of sp³-hybridized carbons (Fsp3) is 0.296. The van der Waals surface area contributed by atoms with Crippen LogP contribution in [0.2, 0.25) is 0 Å². The van der Waals surface area contributed by atoms with Crippen LogP contribution in [0.5, 0.6) is 0 Å². The van der Waals surface area contributed by atoms with E-state index in [9.17, 15) is 25.0 Å². The van der Waals surface area contributed by atoms with Crippen LogP contribution in [0.15, 0.2) is 67.8 Å². The SMILES string of the molecule is Cc1ccc(C2C(C#N)=C(N)N(c3nnc(SCC(=O)Nc4cccc([N+](=O)[O-])c4)s3)C3=C2C(=O)CC(C)(C)C3)o1. The number of nitrogens with zero attached hydrogens (tertiary/aromatic N) is 5. The molecule has 0 spiro atoms. The van der Waals surface area contributed by atoms with E-state index in [1.807, 2.05) is 13.8 Å². The molecule has 3 heterocycles. The predicted molar refractivity (Wildman–Crippen MR) is 153 cm³/mol. The average Bonchev–Trinajstić information content (AvgIpc) is 3.55. The fourth-order valence-electron chi connectivity index (χ4n) is 4.99. The van der Waals surface area contributed by atoms with Crippen LogP contribution in [-0.4, -0.2) is 32.6 Å². The number of benzene rings is 1. The topological polar surface area (TPSA) is 181 Å². The molecule has 12 nitrogen and oxygen atoms in total. The molecular weight excluding hydrogens is 566 g/mol. The lowest BCUT2D eigenvalue weighted by Crippen LogP contribution is -2.42. The molecule has 0 saturated carbocycles. The van der Waals surface area contributed by atoms with E-state index in [0.29, 0.717) is 50.8 Å². The average molecular weight is 592 g/mol. The highest BCUT2D eigenvalue weighted by atomic mass is 32.2. The second kappa shape index (κ2) is 10.8. The van der Waals surface area contributed by atoms with Gasteiger partial charge in [-0.05, 0) is 37.0 Å². The number of rotatable bonds is 7. The standard InChI is InChI=1S/C27H25N7O5S2/c1-14-7-8-20(39-14)22-17(12-28)24(29)33(18-10-27(2,3)11-19(35)23(18)22)25-31-32-26(41-25)40-13-21(36)30-15-5-4-6-16(9-15)34(37)38/h4-9,22H,10-11,13,29H2,1-3H3,(H,30,36). The number of nitro benzene ring substituents is 1. The molecule has 1 aliphatic carbocycles. The number of nitriles is 1. The van der Waals surface area contributed by atoms with Gasteiger partial charge >= 0.3 is 0 Å². The minimum atomic E-state index is -0.720. The van der Waals surface area contributed by atoms with Crippen molar-refractivity contribution in [2.45, 2.75) is 43.9 Å². The van der Waals surface area contributed by atoms with E-state index in [2.05, 4.69) is 21.6 Å². The second-order valence-corrected chi connectivity index (χ2v) is 12.6. The minimum absolute atomic E-state index is 0.0223. The highest BCUT2D eigenvalue weighted by molar-refractivity contribution is 8.01. The first-order chi connectivity index (χ1) is 19.5. The first-order valence-electron chi connectivity index (χ1n) is 12.5. The zero-order chi connectivity index (χ0) is 29.5. The highest BCUT2D eigenvalue weighted by Crippen LogP contribution is 2.51. The summed E-state index contributed by atoms with van der Waals surface area (Å²) in [5.74, 6) is 0.0745. The summed E-state index contributed by atoms with van der Waals surface area (Å²) >= 11 is 2.31. The largest absolute Gasteiger partial charge is 0.465 e. The Hall–Kier alpha value is -4.48. The number of anilines is 2. The molecule has 0 bridgehead atoms. The van der Waals surface area contributed by atoms with E-state index in [-0.39, 0.29) is 39.9 Å². The van der Waals surface area contributed by atoms with Crippen LogP contribution in [0.1, 0.15) is 44.1 Å². The lowest BCUT2D eigenvalue weighted by molar-refractivity contribution is -0.384. The van der Waals surface area contributed by atoms with Crippen molar-refractivity contribution < 1.29 is 18.9 Å². The number of allylic oxidation sites excluding steroid dienone is 3. The van der Waals surface area contributed by atoms with E-state index >= 15 is 0 Å². The summed E-state index contributed by atoms with van der Waals surface area (Å²) in [5, 5.41) is 32.6. The maximum absolute atomic E-state index is 13.6. The van der Waals surface area contributed by atoms with Gasteiger partial charge in [0.05, 0.1) is 28.2 Å². The number of thioether (sulfide) groups is 1. The van der Waals surface area contributed by atoms with E-state index in [1.165, 1.54) is 29.5 Å². The van der Waals surface area contributed by atoms with Crippen LogP contribution < -0.4 is 16.0 Å². The molecular formula is C27H25N7O5S2. The van der Waals surface area contributed by atoms with Crippen molar-refractivity contribution in [1.29, 1.82) is 5.26 Å². The summed E-state index contributed by atoms with van der Waals surface area (Å²) in [4.78, 5) is 38.1. The quantitative estimate of drug-likeness (QED) is 0.214. The van der Waals surface area contributed by atoms with Gasteiger partial charge in [-0.2, -0.15) is 5.26 Å². The van der Waals surface area contributed by atoms with Crippen LogP contribution in [0, 0.1) is 33.8 Å². The summed E-state index contributed by atoms with van der Waals surface area (Å²) in [6, 6.07) is 11.4. The van der Waals surface area contributed by atoms with Crippen molar-refractivity contribution in [2.24, 2.45) is 11.1 Å². The van der Waals surface area contributed by atoms with E-state index < -0.39 is 10.8 Å². The Morgan fingerprint density at radius 2 is 2.12 bits per heavy atom. The maximum atomic E-state index is 13.6. The number of hydrogen-bond donors (Lipinski definition) is 2. The number of aromatic nitrogens is 2. The molecule has 41 heavy (non-hydrogen) atoms. The number of hydrogen-bond acceptors (Lipinski definition) is 12. The van der Waals surface area contributed by atoms with E-state index in [0.717, 1.165) is 11.8 Å². The highest BCUT2D eigenvalue weighted by Gasteiger charge is 2.46. The van der Waals surface area contributed by atoms with E-state index in [4.69, 9.17) is 10.2 Å². The summed E-state index contributed by atoms with van der Waals surface area (Å²) in [5.41, 5.74) is 7.74. The zero-order valence-corrected chi connectivity index (χ0v) is 24.0. The summed E-state index contributed by atoms with van der Waals surface area (Å²) in [6.45, 7) is 5.79. The molecule has 3 aromatic rings. The molecule has 210 valence electrons. The number of ketones is 1. The van der Waals surface area contributed by atoms with Crippen LogP contribution in [-0.2, 0) is 9.59 Å². The molecule has 1 aliphatic heterocycles. The first-order valence-corrected chi connectivity index (χ1v) is 14.3. The number of nitro groups is 1. The third-order valence-corrected chi connectivity index (χ3v) is 8.72. The smallest absolute Gasteiger partial charge is 0.271 e. The lowest BCUT2D eigenvalue weighted by atomic mass is 9.69. The molecule has 1 unspecified atom stereocenters. The predicted octanol–water partition coefficient (Wildman–Crippen LogP) is 5.02. The van der Waals surface area contributed by atoms with Crippen LogP contribution >= 0.6 is 23.1 Å². The number of carbonyl (C=O) groups is 2. The van der Waals surface area contributed by atoms with Gasteiger partial charge < -0.3 is 15.5 Å². The van der Waals surface area contributed by atoms with Crippen molar-refractivity contribution in [3.05, 3.63) is 80.7 Å². The van der Waals surface area contributed by atoms with Crippen molar-refractivity contribution in [2.75, 3.05) is 16.0 Å². The Balaban J connectivity index is 1.42. The molecule has 0 fully saturated rings. The molecule has 2 aromatic heterocycles. The van der Waals surface area contributed by atoms with Crippen molar-refractivity contribution in [3.8, 4) is 6.07 Å². The molecule has 0 radical (unpaired) electrons. The number of aryl methyl sites for hydroxylation is 1. The van der Waals surface area contributed by atoms with Crippen molar-refractivity contribution >= 4 is 51.3 Å². The van der Waals surface area contributed by atoms with Crippen molar-refractivity contribution in [1.82, 2.24) is 10.2 Å². The van der Waals surface area contributed by atoms with Gasteiger partial charge in [0.15, 0.2) is 10.1 Å². The van der Waals surface area contributed by atoms with Gasteiger partial charge in [0.1, 0.15) is 17.3 Å². The number of furan rings is 1. The summed E-state index contributed by atoms with van der Waals surface area (Å²) in [6.07, 6.45) is 0.822. The monoisotopic (exact) mass is 591 g/mol. The van der Waals surface area contributed by atoms with Crippen molar-refractivity contribution in [3.63, 3.8) is 0 Å². The number of amides is 1. The fourth-order valence-corrected chi connectivity index (χ4v) is 6.67. The molecule has 1 atom stereocenters. The van der Waals surface area contributed by atoms with Gasteiger partial charge in [-0.3, -0.25) is 24.6 Å². The van der Waals surface area contributed by atoms with E-state index in [1.54, 1.807) is 30.0 Å².